The highest BCUT2D eigenvalue weighted by Crippen LogP contribution is 2.19. The number of hydrogen-bond donors (Lipinski definition) is 1. The lowest BCUT2D eigenvalue weighted by Crippen LogP contribution is -2.39. The van der Waals surface area contributed by atoms with Crippen molar-refractivity contribution in [1.29, 1.82) is 0 Å². The SMILES string of the molecule is O=C(C=Cc1ccc(Br)cc1)C1CCN(C(=O)O)CC1. The normalized spacial score (nSPS) is 16.6. The van der Waals surface area contributed by atoms with Gasteiger partial charge in [-0.15, -0.1) is 0 Å². The summed E-state index contributed by atoms with van der Waals surface area (Å²) in [7, 11) is 0. The minimum Gasteiger partial charge on any atom is -0.465 e. The standard InChI is InChI=1S/C15H16BrNO3/c16-13-4-1-11(2-5-13)3-6-14(18)12-7-9-17(10-8-12)15(19)20/h1-6,12H,7-10H2,(H,19,20). The summed E-state index contributed by atoms with van der Waals surface area (Å²) in [5.74, 6) is 0.0234. The van der Waals surface area contributed by atoms with Gasteiger partial charge < -0.3 is 10.0 Å². The quantitative estimate of drug-likeness (QED) is 0.859. The number of carbonyl (C=O) groups excluding carboxylic acids is 1. The largest absolute Gasteiger partial charge is 0.465 e. The molecule has 106 valence electrons. The van der Waals surface area contributed by atoms with Gasteiger partial charge in [0.1, 0.15) is 0 Å². The lowest BCUT2D eigenvalue weighted by atomic mass is 9.92. The molecule has 1 fully saturated rings. The van der Waals surface area contributed by atoms with Crippen molar-refractivity contribution in [3.63, 3.8) is 0 Å². The molecule has 0 atom stereocenters. The second kappa shape index (κ2) is 6.70. The van der Waals surface area contributed by atoms with Gasteiger partial charge in [0.05, 0.1) is 0 Å². The van der Waals surface area contributed by atoms with Gasteiger partial charge >= 0.3 is 6.09 Å². The molecule has 1 aliphatic rings. The van der Waals surface area contributed by atoms with Crippen molar-refractivity contribution in [2.24, 2.45) is 5.92 Å². The smallest absolute Gasteiger partial charge is 0.407 e. The molecule has 5 heteroatoms. The zero-order valence-corrected chi connectivity index (χ0v) is 12.5. The Morgan fingerprint density at radius 2 is 1.80 bits per heavy atom. The van der Waals surface area contributed by atoms with Crippen LogP contribution in [0, 0.1) is 5.92 Å². The first kappa shape index (κ1) is 14.8. The van der Waals surface area contributed by atoms with E-state index >= 15 is 0 Å². The Morgan fingerprint density at radius 3 is 2.35 bits per heavy atom. The Morgan fingerprint density at radius 1 is 1.20 bits per heavy atom. The van der Waals surface area contributed by atoms with Crippen molar-refractivity contribution in [3.8, 4) is 0 Å². The Bertz CT molecular complexity index is 516. The monoisotopic (exact) mass is 337 g/mol. The molecule has 1 saturated heterocycles. The van der Waals surface area contributed by atoms with Gasteiger partial charge in [0.2, 0.25) is 0 Å². The van der Waals surface area contributed by atoms with Crippen LogP contribution in [-0.4, -0.2) is 35.0 Å². The minimum atomic E-state index is -0.902. The summed E-state index contributed by atoms with van der Waals surface area (Å²) in [6, 6.07) is 7.72. The first-order valence-electron chi connectivity index (χ1n) is 6.51. The average Bonchev–Trinajstić information content (AvgIpc) is 2.46. The van der Waals surface area contributed by atoms with Crippen LogP contribution in [0.25, 0.3) is 6.08 Å². The topological polar surface area (TPSA) is 57.6 Å². The van der Waals surface area contributed by atoms with E-state index < -0.39 is 6.09 Å². The van der Waals surface area contributed by atoms with Crippen LogP contribution in [-0.2, 0) is 4.79 Å². The van der Waals surface area contributed by atoms with E-state index in [1.165, 1.54) is 4.90 Å². The molecule has 2 rings (SSSR count). The van der Waals surface area contributed by atoms with Crippen molar-refractivity contribution < 1.29 is 14.7 Å². The molecule has 1 aromatic rings. The molecule has 0 radical (unpaired) electrons. The maximum absolute atomic E-state index is 12.1. The van der Waals surface area contributed by atoms with Crippen molar-refractivity contribution in [3.05, 3.63) is 40.4 Å². The molecule has 1 aliphatic heterocycles. The van der Waals surface area contributed by atoms with Gasteiger partial charge in [0.15, 0.2) is 5.78 Å². The predicted octanol–water partition coefficient (Wildman–Crippen LogP) is 3.42. The van der Waals surface area contributed by atoms with E-state index in [1.807, 2.05) is 24.3 Å². The molecule has 1 N–H and O–H groups in total. The third-order valence-corrected chi connectivity index (χ3v) is 4.01. The van der Waals surface area contributed by atoms with Gasteiger partial charge in [-0.3, -0.25) is 4.79 Å². The minimum absolute atomic E-state index is 0.0581. The van der Waals surface area contributed by atoms with Gasteiger partial charge in [-0.2, -0.15) is 0 Å². The average molecular weight is 338 g/mol. The number of amides is 1. The number of carbonyl (C=O) groups is 2. The van der Waals surface area contributed by atoms with Crippen LogP contribution in [0.5, 0.6) is 0 Å². The van der Waals surface area contributed by atoms with Gasteiger partial charge in [-0.1, -0.05) is 34.1 Å². The maximum atomic E-state index is 12.1. The van der Waals surface area contributed by atoms with Crippen LogP contribution in [0.4, 0.5) is 4.79 Å². The first-order valence-corrected chi connectivity index (χ1v) is 7.31. The second-order valence-electron chi connectivity index (χ2n) is 4.83. The van der Waals surface area contributed by atoms with Crippen LogP contribution in [0.2, 0.25) is 0 Å². The Balaban J connectivity index is 1.89. The molecule has 0 saturated carbocycles. The number of allylic oxidation sites excluding steroid dienone is 1. The Hall–Kier alpha value is -1.62. The summed E-state index contributed by atoms with van der Waals surface area (Å²) >= 11 is 3.36. The van der Waals surface area contributed by atoms with E-state index in [-0.39, 0.29) is 11.7 Å². The third kappa shape index (κ3) is 3.93. The van der Waals surface area contributed by atoms with Crippen LogP contribution in [0.15, 0.2) is 34.8 Å². The number of carboxylic acid groups (broad SMARTS) is 1. The number of ketones is 1. The van der Waals surface area contributed by atoms with Crippen LogP contribution >= 0.6 is 15.9 Å². The molecule has 1 aromatic carbocycles. The lowest BCUT2D eigenvalue weighted by Gasteiger charge is -2.28. The number of rotatable bonds is 3. The molecule has 1 amide bonds. The summed E-state index contributed by atoms with van der Waals surface area (Å²) in [4.78, 5) is 24.2. The van der Waals surface area contributed by atoms with E-state index in [0.717, 1.165) is 10.0 Å². The fraction of sp³-hybridized carbons (Fsp3) is 0.333. The number of piperidine rings is 1. The van der Waals surface area contributed by atoms with Gasteiger partial charge in [0.25, 0.3) is 0 Å². The van der Waals surface area contributed by atoms with Gasteiger partial charge in [-0.25, -0.2) is 4.79 Å². The zero-order chi connectivity index (χ0) is 14.5. The van der Waals surface area contributed by atoms with Crippen LogP contribution in [0.1, 0.15) is 18.4 Å². The van der Waals surface area contributed by atoms with Crippen LogP contribution < -0.4 is 0 Å². The summed E-state index contributed by atoms with van der Waals surface area (Å²) < 4.78 is 1.00. The van der Waals surface area contributed by atoms with Gasteiger partial charge in [0, 0.05) is 23.5 Å². The van der Waals surface area contributed by atoms with Crippen LogP contribution in [0.3, 0.4) is 0 Å². The Labute approximate surface area is 126 Å². The molecule has 0 unspecified atom stereocenters. The number of halogens is 1. The third-order valence-electron chi connectivity index (χ3n) is 3.48. The van der Waals surface area contributed by atoms with E-state index in [0.29, 0.717) is 25.9 Å². The highest BCUT2D eigenvalue weighted by molar-refractivity contribution is 9.10. The molecule has 0 bridgehead atoms. The predicted molar refractivity (Wildman–Crippen MR) is 80.5 cm³/mol. The number of benzene rings is 1. The van der Waals surface area contributed by atoms with Gasteiger partial charge in [-0.05, 0) is 36.6 Å². The Kier molecular flexibility index (Phi) is 4.95. The highest BCUT2D eigenvalue weighted by atomic mass is 79.9. The molecule has 0 aromatic heterocycles. The molecule has 1 heterocycles. The summed E-state index contributed by atoms with van der Waals surface area (Å²) in [5.41, 5.74) is 0.976. The number of nitrogens with zero attached hydrogens (tertiary/aromatic N) is 1. The maximum Gasteiger partial charge on any atom is 0.407 e. The fourth-order valence-corrected chi connectivity index (χ4v) is 2.51. The van der Waals surface area contributed by atoms with E-state index in [2.05, 4.69) is 15.9 Å². The lowest BCUT2D eigenvalue weighted by molar-refractivity contribution is -0.119. The zero-order valence-electron chi connectivity index (χ0n) is 11.0. The molecular formula is C15H16BrNO3. The van der Waals surface area contributed by atoms with E-state index in [4.69, 9.17) is 5.11 Å². The number of likely N-dealkylation sites (tertiary alicyclic amines) is 1. The summed E-state index contributed by atoms with van der Waals surface area (Å²) in [6.45, 7) is 0.885. The second-order valence-corrected chi connectivity index (χ2v) is 5.75. The van der Waals surface area contributed by atoms with Crippen molar-refractivity contribution in [2.45, 2.75) is 12.8 Å². The molecule has 0 spiro atoms. The van der Waals surface area contributed by atoms with E-state index in [1.54, 1.807) is 12.2 Å². The molecule has 4 nitrogen and oxygen atoms in total. The summed E-state index contributed by atoms with van der Waals surface area (Å²) in [5, 5.41) is 8.86. The molecule has 0 aliphatic carbocycles. The van der Waals surface area contributed by atoms with E-state index in [9.17, 15) is 9.59 Å². The highest BCUT2D eigenvalue weighted by Gasteiger charge is 2.25. The number of hydrogen-bond acceptors (Lipinski definition) is 2. The van der Waals surface area contributed by atoms with Crippen molar-refractivity contribution in [1.82, 2.24) is 4.90 Å². The van der Waals surface area contributed by atoms with Crippen molar-refractivity contribution >= 4 is 33.9 Å². The molecule has 20 heavy (non-hydrogen) atoms. The fourth-order valence-electron chi connectivity index (χ4n) is 2.24. The summed E-state index contributed by atoms with van der Waals surface area (Å²) in [6.07, 6.45) is 3.72. The molecular weight excluding hydrogens is 322 g/mol. The van der Waals surface area contributed by atoms with Crippen molar-refractivity contribution in [2.75, 3.05) is 13.1 Å². The first-order chi connectivity index (χ1) is 9.56.